The van der Waals surface area contributed by atoms with Gasteiger partial charge < -0.3 is 15.0 Å². The normalized spacial score (nSPS) is 25.9. The fourth-order valence-corrected chi connectivity index (χ4v) is 5.04. The first-order valence-corrected chi connectivity index (χ1v) is 11.5. The second-order valence-electron chi connectivity index (χ2n) is 7.80. The molecule has 0 bridgehead atoms. The van der Waals surface area contributed by atoms with Crippen LogP contribution in [-0.4, -0.2) is 72.3 Å². The molecule has 0 aliphatic carbocycles. The number of rotatable bonds is 8. The number of urea groups is 1. The summed E-state index contributed by atoms with van der Waals surface area (Å²) in [6.07, 6.45) is 2.50. The summed E-state index contributed by atoms with van der Waals surface area (Å²) in [4.78, 5) is 40.6. The Morgan fingerprint density at radius 1 is 1.26 bits per heavy atom. The van der Waals surface area contributed by atoms with E-state index in [4.69, 9.17) is 4.74 Å². The van der Waals surface area contributed by atoms with E-state index in [0.29, 0.717) is 11.4 Å². The maximum Gasteiger partial charge on any atom is 0.327 e. The molecule has 9 nitrogen and oxygen atoms in total. The molecule has 10 heteroatoms. The molecule has 3 N–H and O–H groups in total. The van der Waals surface area contributed by atoms with Gasteiger partial charge in [0.15, 0.2) is 0 Å². The van der Waals surface area contributed by atoms with Crippen LogP contribution in [0.1, 0.15) is 26.2 Å². The Bertz CT molecular complexity index is 823. The van der Waals surface area contributed by atoms with Crippen LogP contribution < -0.4 is 20.7 Å². The third-order valence-corrected chi connectivity index (χ3v) is 6.84. The highest BCUT2D eigenvalue weighted by Crippen LogP contribution is 2.32. The molecule has 2 aliphatic rings. The number of nitrogens with zero attached hydrogens (tertiary/aromatic N) is 2. The molecular weight excluding hydrogens is 418 g/mol. The topological polar surface area (TPSA) is 103 Å². The largest absolute Gasteiger partial charge is 0.497 e. The van der Waals surface area contributed by atoms with E-state index in [-0.39, 0.29) is 35.1 Å². The van der Waals surface area contributed by atoms with E-state index in [0.717, 1.165) is 24.2 Å². The van der Waals surface area contributed by atoms with Crippen LogP contribution in [0.2, 0.25) is 0 Å². The maximum absolute atomic E-state index is 12.9. The monoisotopic (exact) mass is 449 g/mol. The number of unbranched alkanes of at least 4 members (excludes halogenated alkanes) is 1. The van der Waals surface area contributed by atoms with Crippen molar-refractivity contribution in [1.82, 2.24) is 20.4 Å². The number of methoxy groups -OCH3 is 1. The van der Waals surface area contributed by atoms with Crippen LogP contribution in [-0.2, 0) is 9.59 Å². The Morgan fingerprint density at radius 2 is 2.03 bits per heavy atom. The van der Waals surface area contributed by atoms with E-state index in [1.54, 1.807) is 31.2 Å². The van der Waals surface area contributed by atoms with Crippen LogP contribution >= 0.6 is 11.8 Å². The van der Waals surface area contributed by atoms with Crippen molar-refractivity contribution in [2.24, 2.45) is 5.92 Å². The Labute approximate surface area is 187 Å². The average molecular weight is 450 g/mol. The van der Waals surface area contributed by atoms with Crippen molar-refractivity contribution >= 4 is 35.3 Å². The second kappa shape index (κ2) is 10.3. The SMILES string of the molecule is CCCCC1NC(SCC(=O)Nc2cccc(OC)c2)C2C(=O)N(C)C(=O)N(C)C2N1. The molecular formula is C21H31N5O4S. The number of anilines is 1. The smallest absolute Gasteiger partial charge is 0.327 e. The van der Waals surface area contributed by atoms with Gasteiger partial charge in [0, 0.05) is 25.8 Å². The van der Waals surface area contributed by atoms with Gasteiger partial charge in [-0.05, 0) is 18.6 Å². The summed E-state index contributed by atoms with van der Waals surface area (Å²) in [7, 11) is 4.78. The molecule has 0 aromatic heterocycles. The summed E-state index contributed by atoms with van der Waals surface area (Å²) in [5, 5.41) is 9.46. The Kier molecular flexibility index (Phi) is 7.79. The molecule has 4 unspecified atom stereocenters. The third-order valence-electron chi connectivity index (χ3n) is 5.62. The molecule has 1 aromatic carbocycles. The molecule has 1 aromatic rings. The summed E-state index contributed by atoms with van der Waals surface area (Å²) in [6.45, 7) is 2.12. The molecule has 2 heterocycles. The lowest BCUT2D eigenvalue weighted by molar-refractivity contribution is -0.140. The van der Waals surface area contributed by atoms with Crippen molar-refractivity contribution in [1.29, 1.82) is 0 Å². The fraction of sp³-hybridized carbons (Fsp3) is 0.571. The van der Waals surface area contributed by atoms with Crippen molar-refractivity contribution in [2.45, 2.75) is 43.9 Å². The van der Waals surface area contributed by atoms with E-state index in [1.807, 2.05) is 12.1 Å². The molecule has 2 fully saturated rings. The second-order valence-corrected chi connectivity index (χ2v) is 8.93. The van der Waals surface area contributed by atoms with E-state index < -0.39 is 12.1 Å². The van der Waals surface area contributed by atoms with E-state index in [1.165, 1.54) is 18.8 Å². The molecule has 0 saturated carbocycles. The minimum absolute atomic E-state index is 0.0356. The standard InChI is InChI=1S/C21H31N5O4S/c1-5-6-10-15-23-18-17(20(28)26(3)21(29)25(18)2)19(24-15)31-12-16(27)22-13-8-7-9-14(11-13)30-4/h7-9,11,15,17-19,23-24H,5-6,10,12H2,1-4H3,(H,22,27). The molecule has 31 heavy (non-hydrogen) atoms. The van der Waals surface area contributed by atoms with Gasteiger partial charge in [-0.15, -0.1) is 11.8 Å². The van der Waals surface area contributed by atoms with Gasteiger partial charge in [-0.25, -0.2) is 4.79 Å². The first kappa shape index (κ1) is 23.4. The van der Waals surface area contributed by atoms with E-state index >= 15 is 0 Å². The molecule has 170 valence electrons. The average Bonchev–Trinajstić information content (AvgIpc) is 2.78. The van der Waals surface area contributed by atoms with Crippen LogP contribution in [0, 0.1) is 5.92 Å². The number of ether oxygens (including phenoxy) is 1. The first-order valence-electron chi connectivity index (χ1n) is 10.5. The van der Waals surface area contributed by atoms with Crippen molar-refractivity contribution in [3.05, 3.63) is 24.3 Å². The molecule has 0 radical (unpaired) electrons. The zero-order valence-corrected chi connectivity index (χ0v) is 19.2. The molecule has 3 rings (SSSR count). The number of hydrogen-bond donors (Lipinski definition) is 3. The van der Waals surface area contributed by atoms with Gasteiger partial charge in [0.2, 0.25) is 11.8 Å². The van der Waals surface area contributed by atoms with Gasteiger partial charge in [-0.2, -0.15) is 0 Å². The van der Waals surface area contributed by atoms with Crippen molar-refractivity contribution < 1.29 is 19.1 Å². The Hall–Kier alpha value is -2.30. The van der Waals surface area contributed by atoms with Crippen LogP contribution in [0.4, 0.5) is 10.5 Å². The van der Waals surface area contributed by atoms with Gasteiger partial charge in [0.1, 0.15) is 5.75 Å². The van der Waals surface area contributed by atoms with Gasteiger partial charge >= 0.3 is 6.03 Å². The van der Waals surface area contributed by atoms with E-state index in [2.05, 4.69) is 22.9 Å². The fourth-order valence-electron chi connectivity index (χ4n) is 3.91. The summed E-state index contributed by atoms with van der Waals surface area (Å²) in [5.41, 5.74) is 0.653. The highest BCUT2D eigenvalue weighted by molar-refractivity contribution is 8.00. The van der Waals surface area contributed by atoms with Crippen LogP contribution in [0.5, 0.6) is 5.75 Å². The molecule has 0 spiro atoms. The number of carbonyl (C=O) groups is 3. The van der Waals surface area contributed by atoms with Gasteiger partial charge in [-0.3, -0.25) is 25.1 Å². The molecule has 4 amide bonds. The van der Waals surface area contributed by atoms with Crippen molar-refractivity contribution in [3.63, 3.8) is 0 Å². The lowest BCUT2D eigenvalue weighted by atomic mass is 9.96. The first-order chi connectivity index (χ1) is 14.8. The summed E-state index contributed by atoms with van der Waals surface area (Å²) in [6, 6.07) is 6.84. The number of imide groups is 1. The Balaban J connectivity index is 1.69. The number of carbonyl (C=O) groups excluding carboxylic acids is 3. The van der Waals surface area contributed by atoms with Crippen molar-refractivity contribution in [3.8, 4) is 5.75 Å². The Morgan fingerprint density at radius 3 is 2.74 bits per heavy atom. The number of fused-ring (bicyclic) bond motifs is 1. The van der Waals surface area contributed by atoms with Gasteiger partial charge in [-0.1, -0.05) is 25.8 Å². The summed E-state index contributed by atoms with van der Waals surface area (Å²) in [5.74, 6) is -0.0578. The predicted octanol–water partition coefficient (Wildman–Crippen LogP) is 1.87. The number of thioether (sulfide) groups is 1. The highest BCUT2D eigenvalue weighted by Gasteiger charge is 2.50. The van der Waals surface area contributed by atoms with Crippen LogP contribution in [0.25, 0.3) is 0 Å². The zero-order chi connectivity index (χ0) is 22.5. The predicted molar refractivity (Wildman–Crippen MR) is 121 cm³/mol. The quantitative estimate of drug-likeness (QED) is 0.557. The third kappa shape index (κ3) is 5.31. The van der Waals surface area contributed by atoms with Crippen LogP contribution in [0.3, 0.4) is 0 Å². The maximum atomic E-state index is 12.9. The summed E-state index contributed by atoms with van der Waals surface area (Å²) < 4.78 is 5.19. The molecule has 4 atom stereocenters. The summed E-state index contributed by atoms with van der Waals surface area (Å²) >= 11 is 1.39. The van der Waals surface area contributed by atoms with Gasteiger partial charge in [0.05, 0.1) is 36.5 Å². The van der Waals surface area contributed by atoms with Crippen LogP contribution in [0.15, 0.2) is 24.3 Å². The molecule has 2 aliphatic heterocycles. The number of nitrogens with one attached hydrogen (secondary N) is 3. The number of hydrogen-bond acceptors (Lipinski definition) is 7. The van der Waals surface area contributed by atoms with Crippen molar-refractivity contribution in [2.75, 3.05) is 32.3 Å². The molecule has 2 saturated heterocycles. The van der Waals surface area contributed by atoms with E-state index in [9.17, 15) is 14.4 Å². The minimum Gasteiger partial charge on any atom is -0.497 e. The lowest BCUT2D eigenvalue weighted by Crippen LogP contribution is -2.74. The zero-order valence-electron chi connectivity index (χ0n) is 18.4. The highest BCUT2D eigenvalue weighted by atomic mass is 32.2. The number of amides is 4. The van der Waals surface area contributed by atoms with Gasteiger partial charge in [0.25, 0.3) is 0 Å². The minimum atomic E-state index is -0.486. The number of benzene rings is 1. The lowest BCUT2D eigenvalue weighted by Gasteiger charge is -2.50.